The van der Waals surface area contributed by atoms with Crippen LogP contribution in [0.25, 0.3) is 6.08 Å². The number of anilines is 1. The number of benzene rings is 2. The van der Waals surface area contributed by atoms with E-state index >= 15 is 4.39 Å². The fraction of sp³-hybridized carbons (Fsp3) is 0.393. The van der Waals surface area contributed by atoms with Gasteiger partial charge in [0, 0.05) is 43.9 Å². The summed E-state index contributed by atoms with van der Waals surface area (Å²) in [7, 11) is 1.39. The molecule has 2 aromatic carbocycles. The highest BCUT2D eigenvalue weighted by Crippen LogP contribution is 2.43. The molecule has 2 aliphatic heterocycles. The van der Waals surface area contributed by atoms with Crippen molar-refractivity contribution in [1.29, 1.82) is 0 Å². The molecular weight excluding hydrogens is 564 g/mol. The van der Waals surface area contributed by atoms with Crippen LogP contribution in [0.15, 0.2) is 53.2 Å². The van der Waals surface area contributed by atoms with E-state index in [2.05, 4.69) is 4.99 Å². The number of alkyl halides is 2. The van der Waals surface area contributed by atoms with Gasteiger partial charge in [0.05, 0.1) is 19.3 Å². The van der Waals surface area contributed by atoms with Gasteiger partial charge in [0.25, 0.3) is 5.92 Å². The van der Waals surface area contributed by atoms with Gasteiger partial charge in [-0.3, -0.25) is 0 Å². The second kappa shape index (κ2) is 12.9. The van der Waals surface area contributed by atoms with Crippen LogP contribution < -0.4 is 31.6 Å². The molecule has 41 heavy (non-hydrogen) atoms. The Balaban J connectivity index is 1.71. The third-order valence-electron chi connectivity index (χ3n) is 7.03. The van der Waals surface area contributed by atoms with Crippen molar-refractivity contribution in [3.8, 4) is 17.2 Å². The number of nitrogens with two attached hydrogens (primary N) is 3. The van der Waals surface area contributed by atoms with Gasteiger partial charge in [-0.1, -0.05) is 11.6 Å². The SMILES string of the molecule is COc1cc(F)ccc1Oc1ccc(/C=C(F)/C(N)=N/C(=C\N)N2CCC(F)(F)C2)c(N2CCCC(CN)C2)c1Cl. The molecule has 0 amide bonds. The first kappa shape index (κ1) is 30.3. The standard InChI is InChI=1S/C28H33ClF4N6O2/c1-40-23-12-19(30)5-7-21(23)41-22-6-4-18(26(25(22)29)38-9-2-3-17(13-34)15-38)11-20(31)27(36)37-24(14-35)39-10-8-28(32,33)16-39/h4-7,11-12,14,17H,2-3,8-10,13,15-16,34-35H2,1H3,(H2,36,37)/b20-11-,24-14+. The van der Waals surface area contributed by atoms with Crippen LogP contribution in [0.4, 0.5) is 23.2 Å². The van der Waals surface area contributed by atoms with Crippen LogP contribution in [-0.2, 0) is 0 Å². The number of halogens is 5. The van der Waals surface area contributed by atoms with Crippen LogP contribution in [0.5, 0.6) is 17.2 Å². The molecule has 0 saturated carbocycles. The van der Waals surface area contributed by atoms with E-state index in [1.165, 1.54) is 36.3 Å². The van der Waals surface area contributed by atoms with Gasteiger partial charge >= 0.3 is 0 Å². The molecule has 2 aromatic rings. The normalized spacial score (nSPS) is 20.0. The molecule has 13 heteroatoms. The molecule has 0 radical (unpaired) electrons. The van der Waals surface area contributed by atoms with Gasteiger partial charge in [0.15, 0.2) is 23.2 Å². The highest BCUT2D eigenvalue weighted by molar-refractivity contribution is 6.35. The van der Waals surface area contributed by atoms with Gasteiger partial charge in [-0.25, -0.2) is 22.6 Å². The minimum Gasteiger partial charge on any atom is -0.493 e. The van der Waals surface area contributed by atoms with E-state index in [0.29, 0.717) is 30.9 Å². The number of methoxy groups -OCH3 is 1. The Bertz CT molecular complexity index is 1350. The summed E-state index contributed by atoms with van der Waals surface area (Å²) >= 11 is 6.87. The van der Waals surface area contributed by atoms with Crippen molar-refractivity contribution in [3.05, 3.63) is 64.6 Å². The molecule has 4 rings (SSSR count). The summed E-state index contributed by atoms with van der Waals surface area (Å²) in [5.74, 6) is -4.04. The summed E-state index contributed by atoms with van der Waals surface area (Å²) in [5.41, 5.74) is 18.3. The molecule has 0 aromatic heterocycles. The zero-order valence-electron chi connectivity index (χ0n) is 22.6. The topological polar surface area (TPSA) is 115 Å². The number of aliphatic imine (C=N–C) groups is 1. The molecular formula is C28H33ClF4N6O2. The van der Waals surface area contributed by atoms with Crippen molar-refractivity contribution < 1.29 is 27.0 Å². The molecule has 0 spiro atoms. The number of ether oxygens (including phenoxy) is 2. The molecule has 1 unspecified atom stereocenters. The smallest absolute Gasteiger partial charge is 0.266 e. The number of hydrogen-bond donors (Lipinski definition) is 3. The highest BCUT2D eigenvalue weighted by atomic mass is 35.5. The first-order valence-electron chi connectivity index (χ1n) is 13.1. The minimum absolute atomic E-state index is 0.00940. The molecule has 8 nitrogen and oxygen atoms in total. The quantitative estimate of drug-likeness (QED) is 0.206. The lowest BCUT2D eigenvalue weighted by Gasteiger charge is -2.35. The highest BCUT2D eigenvalue weighted by Gasteiger charge is 2.39. The van der Waals surface area contributed by atoms with E-state index in [1.54, 1.807) is 12.1 Å². The average molecular weight is 597 g/mol. The predicted octanol–water partition coefficient (Wildman–Crippen LogP) is 5.22. The predicted molar refractivity (Wildman–Crippen MR) is 153 cm³/mol. The summed E-state index contributed by atoms with van der Waals surface area (Å²) in [6.45, 7) is 1.11. The molecule has 6 N–H and O–H groups in total. The fourth-order valence-electron chi connectivity index (χ4n) is 4.91. The first-order chi connectivity index (χ1) is 19.5. The van der Waals surface area contributed by atoms with Gasteiger partial charge in [0.2, 0.25) is 0 Å². The molecule has 0 bridgehead atoms. The van der Waals surface area contributed by atoms with Crippen LogP contribution in [0, 0.1) is 11.7 Å². The van der Waals surface area contributed by atoms with Gasteiger partial charge in [-0.2, -0.15) is 0 Å². The first-order valence-corrected chi connectivity index (χ1v) is 13.5. The van der Waals surface area contributed by atoms with Crippen molar-refractivity contribution in [3.63, 3.8) is 0 Å². The van der Waals surface area contributed by atoms with Gasteiger partial charge in [-0.05, 0) is 55.6 Å². The third kappa shape index (κ3) is 7.17. The number of rotatable bonds is 9. The second-order valence-corrected chi connectivity index (χ2v) is 10.3. The van der Waals surface area contributed by atoms with Crippen LogP contribution in [0.3, 0.4) is 0 Å². The Kier molecular flexibility index (Phi) is 9.54. The maximum atomic E-state index is 15.4. The van der Waals surface area contributed by atoms with Crippen molar-refractivity contribution in [2.75, 3.05) is 44.7 Å². The Morgan fingerprint density at radius 1 is 1.20 bits per heavy atom. The van der Waals surface area contributed by atoms with E-state index in [9.17, 15) is 13.2 Å². The second-order valence-electron chi connectivity index (χ2n) is 9.94. The molecule has 222 valence electrons. The molecule has 1 atom stereocenters. The van der Waals surface area contributed by atoms with Crippen LogP contribution in [0.2, 0.25) is 5.02 Å². The monoisotopic (exact) mass is 596 g/mol. The maximum absolute atomic E-state index is 15.4. The zero-order valence-corrected chi connectivity index (χ0v) is 23.3. The van der Waals surface area contributed by atoms with Gasteiger partial charge in [-0.15, -0.1) is 0 Å². The van der Waals surface area contributed by atoms with E-state index < -0.39 is 29.9 Å². The maximum Gasteiger partial charge on any atom is 0.266 e. The number of hydrogen-bond acceptors (Lipinski definition) is 7. The molecule has 2 saturated heterocycles. The van der Waals surface area contributed by atoms with Crippen molar-refractivity contribution in [2.45, 2.75) is 25.2 Å². The number of piperidine rings is 1. The van der Waals surface area contributed by atoms with Crippen LogP contribution >= 0.6 is 11.6 Å². The lowest BCUT2D eigenvalue weighted by Crippen LogP contribution is -2.38. The number of likely N-dealkylation sites (tertiary alicyclic amines) is 1. The summed E-state index contributed by atoms with van der Waals surface area (Å²) in [6, 6.07) is 6.97. The lowest BCUT2D eigenvalue weighted by atomic mass is 9.97. The molecule has 0 aliphatic carbocycles. The van der Waals surface area contributed by atoms with Gasteiger partial charge in [0.1, 0.15) is 22.4 Å². The zero-order chi connectivity index (χ0) is 29.7. The van der Waals surface area contributed by atoms with Crippen molar-refractivity contribution in [1.82, 2.24) is 4.90 Å². The van der Waals surface area contributed by atoms with Crippen LogP contribution in [-0.4, -0.2) is 56.5 Å². The third-order valence-corrected chi connectivity index (χ3v) is 7.40. The molecule has 2 fully saturated rings. The fourth-order valence-corrected chi connectivity index (χ4v) is 5.24. The number of amidine groups is 1. The molecule has 2 heterocycles. The minimum atomic E-state index is -2.89. The van der Waals surface area contributed by atoms with Crippen molar-refractivity contribution >= 4 is 29.2 Å². The Morgan fingerprint density at radius 2 is 1.95 bits per heavy atom. The summed E-state index contributed by atoms with van der Waals surface area (Å²) in [4.78, 5) is 7.23. The summed E-state index contributed by atoms with van der Waals surface area (Å²) < 4.78 is 67.7. The summed E-state index contributed by atoms with van der Waals surface area (Å²) in [5, 5.41) is 0.188. The Hall–Kier alpha value is -3.64. The van der Waals surface area contributed by atoms with E-state index in [0.717, 1.165) is 19.0 Å². The Morgan fingerprint density at radius 3 is 2.61 bits per heavy atom. The lowest BCUT2D eigenvalue weighted by molar-refractivity contribution is 0.0150. The number of nitrogens with zero attached hydrogens (tertiary/aromatic N) is 3. The van der Waals surface area contributed by atoms with E-state index in [-0.39, 0.29) is 47.0 Å². The Labute approximate surface area is 241 Å². The molecule has 2 aliphatic rings. The average Bonchev–Trinajstić information content (AvgIpc) is 3.32. The summed E-state index contributed by atoms with van der Waals surface area (Å²) in [6.07, 6.45) is 3.60. The largest absolute Gasteiger partial charge is 0.493 e. The van der Waals surface area contributed by atoms with Crippen molar-refractivity contribution in [2.24, 2.45) is 28.1 Å². The van der Waals surface area contributed by atoms with Crippen LogP contribution in [0.1, 0.15) is 24.8 Å². The van der Waals surface area contributed by atoms with Gasteiger partial charge < -0.3 is 36.5 Å². The van der Waals surface area contributed by atoms with E-state index in [4.69, 9.17) is 38.3 Å². The van der Waals surface area contributed by atoms with E-state index in [1.807, 2.05) is 4.90 Å².